The lowest BCUT2D eigenvalue weighted by molar-refractivity contribution is 0.0959. The summed E-state index contributed by atoms with van der Waals surface area (Å²) in [5.74, 6) is -0.436. The van der Waals surface area contributed by atoms with Crippen molar-refractivity contribution in [1.82, 2.24) is 5.43 Å². The average molecular weight is 329 g/mol. The lowest BCUT2D eigenvalue weighted by atomic mass is 10.1. The first-order valence-electron chi connectivity index (χ1n) is 5.55. The summed E-state index contributed by atoms with van der Waals surface area (Å²) in [6.07, 6.45) is 0. The zero-order chi connectivity index (χ0) is 14.7. The van der Waals surface area contributed by atoms with Crippen molar-refractivity contribution < 1.29 is 9.90 Å². The molecule has 0 saturated heterocycles. The predicted molar refractivity (Wildman–Crippen MR) is 82.1 cm³/mol. The maximum atomic E-state index is 11.7. The molecule has 1 amide bonds. The molecule has 0 radical (unpaired) electrons. The van der Waals surface area contributed by atoms with Gasteiger partial charge in [-0.1, -0.05) is 29.3 Å². The molecule has 0 aliphatic heterocycles. The van der Waals surface area contributed by atoms with E-state index in [9.17, 15) is 9.90 Å². The lowest BCUT2D eigenvalue weighted by Crippen LogP contribution is -2.18. The molecule has 0 bridgehead atoms. The summed E-state index contributed by atoms with van der Waals surface area (Å²) < 4.78 is 0. The summed E-state index contributed by atoms with van der Waals surface area (Å²) >= 11 is 13.0. The Hall–Kier alpha value is -1.56. The van der Waals surface area contributed by atoms with Crippen molar-refractivity contribution in [2.75, 3.05) is 0 Å². The van der Waals surface area contributed by atoms with Crippen LogP contribution in [0, 0.1) is 0 Å². The van der Waals surface area contributed by atoms with Crippen LogP contribution >= 0.6 is 34.5 Å². The molecule has 4 nitrogen and oxygen atoms in total. The largest absolute Gasteiger partial charge is 0.506 e. The fourth-order valence-electron chi connectivity index (χ4n) is 1.50. The lowest BCUT2D eigenvalue weighted by Gasteiger charge is -2.07. The second-order valence-corrected chi connectivity index (χ2v) is 5.69. The van der Waals surface area contributed by atoms with Crippen LogP contribution in [0.5, 0.6) is 5.75 Å². The van der Waals surface area contributed by atoms with E-state index in [0.717, 1.165) is 0 Å². The molecule has 1 aromatic heterocycles. The molecule has 2 aromatic rings. The highest BCUT2D eigenvalue weighted by Crippen LogP contribution is 2.31. The van der Waals surface area contributed by atoms with Crippen LogP contribution in [-0.2, 0) is 0 Å². The van der Waals surface area contributed by atoms with Gasteiger partial charge < -0.3 is 5.11 Å². The Bertz CT molecular complexity index is 669. The molecular formula is C13H10Cl2N2O2S. The first-order valence-corrected chi connectivity index (χ1v) is 7.19. The van der Waals surface area contributed by atoms with Crippen LogP contribution in [0.4, 0.5) is 0 Å². The van der Waals surface area contributed by atoms with Gasteiger partial charge in [-0.3, -0.25) is 4.79 Å². The first-order chi connectivity index (χ1) is 9.49. The molecule has 0 aliphatic carbocycles. The highest BCUT2D eigenvalue weighted by atomic mass is 35.5. The minimum atomic E-state index is -0.313. The van der Waals surface area contributed by atoms with Crippen LogP contribution in [-0.4, -0.2) is 16.7 Å². The Morgan fingerprint density at radius 1 is 1.40 bits per heavy atom. The molecule has 0 unspecified atom stereocenters. The number of thiophene rings is 1. The first kappa shape index (κ1) is 14.8. The molecule has 0 spiro atoms. The molecule has 0 fully saturated rings. The Morgan fingerprint density at radius 3 is 2.80 bits per heavy atom. The zero-order valence-electron chi connectivity index (χ0n) is 10.4. The predicted octanol–water partition coefficient (Wildman–Crippen LogP) is 3.91. The molecule has 0 saturated carbocycles. The van der Waals surface area contributed by atoms with E-state index in [0.29, 0.717) is 21.2 Å². The normalized spacial score (nSPS) is 11.4. The number of hydrogen-bond acceptors (Lipinski definition) is 4. The van der Waals surface area contributed by atoms with E-state index in [1.165, 1.54) is 23.5 Å². The second kappa shape index (κ2) is 6.26. The third-order valence-corrected chi connectivity index (χ3v) is 3.86. The number of halogens is 2. The maximum absolute atomic E-state index is 11.7. The fraction of sp³-hybridized carbons (Fsp3) is 0.0769. The van der Waals surface area contributed by atoms with E-state index in [1.807, 2.05) is 0 Å². The number of phenolic OH excluding ortho intramolecular Hbond substituents is 1. The summed E-state index contributed by atoms with van der Waals surface area (Å²) in [6, 6.07) is 6.43. The number of hydrogen-bond donors (Lipinski definition) is 2. The van der Waals surface area contributed by atoms with Gasteiger partial charge in [-0.2, -0.15) is 5.10 Å². The van der Waals surface area contributed by atoms with Crippen LogP contribution in [0.3, 0.4) is 0 Å². The van der Waals surface area contributed by atoms with Crippen molar-refractivity contribution >= 4 is 46.2 Å². The van der Waals surface area contributed by atoms with Gasteiger partial charge in [-0.05, 0) is 30.5 Å². The van der Waals surface area contributed by atoms with Crippen LogP contribution in [0.25, 0.3) is 0 Å². The Morgan fingerprint density at radius 2 is 2.15 bits per heavy atom. The minimum absolute atomic E-state index is 0.123. The average Bonchev–Trinajstić information content (AvgIpc) is 2.93. The monoisotopic (exact) mass is 328 g/mol. The van der Waals surface area contributed by atoms with Crippen LogP contribution in [0.2, 0.25) is 10.0 Å². The van der Waals surface area contributed by atoms with Gasteiger partial charge in [0, 0.05) is 10.6 Å². The number of carbonyl (C=O) groups excluding carboxylic acids is 1. The number of hydrazone groups is 1. The number of nitrogens with zero attached hydrogens (tertiary/aromatic N) is 1. The highest BCUT2D eigenvalue weighted by molar-refractivity contribution is 7.12. The fourth-order valence-corrected chi connectivity index (χ4v) is 2.61. The van der Waals surface area contributed by atoms with Gasteiger partial charge in [0.05, 0.1) is 15.6 Å². The van der Waals surface area contributed by atoms with Crippen LogP contribution in [0.15, 0.2) is 34.7 Å². The number of phenols is 1. The van der Waals surface area contributed by atoms with Crippen molar-refractivity contribution in [2.45, 2.75) is 6.92 Å². The van der Waals surface area contributed by atoms with Crippen molar-refractivity contribution in [1.29, 1.82) is 0 Å². The zero-order valence-corrected chi connectivity index (χ0v) is 12.7. The number of rotatable bonds is 3. The van der Waals surface area contributed by atoms with Crippen molar-refractivity contribution in [3.05, 3.63) is 50.1 Å². The van der Waals surface area contributed by atoms with Gasteiger partial charge >= 0.3 is 0 Å². The summed E-state index contributed by atoms with van der Waals surface area (Å²) in [7, 11) is 0. The molecule has 1 aromatic carbocycles. The molecule has 104 valence electrons. The molecular weight excluding hydrogens is 319 g/mol. The van der Waals surface area contributed by atoms with Gasteiger partial charge in [0.25, 0.3) is 5.91 Å². The van der Waals surface area contributed by atoms with Gasteiger partial charge in [0.2, 0.25) is 0 Å². The summed E-state index contributed by atoms with van der Waals surface area (Å²) in [5.41, 5.74) is 3.18. The number of aromatic hydroxyl groups is 1. The SMILES string of the molecule is C/C(=N\NC(=O)c1cccs1)c1cc(Cl)cc(Cl)c1O. The van der Waals surface area contributed by atoms with Crippen LogP contribution in [0.1, 0.15) is 22.2 Å². The standard InChI is InChI=1S/C13H10Cl2N2O2S/c1-7(9-5-8(14)6-10(15)12(9)18)16-17-13(19)11-3-2-4-20-11/h2-6,18H,1H3,(H,17,19)/b16-7+. The third-order valence-electron chi connectivity index (χ3n) is 2.49. The maximum Gasteiger partial charge on any atom is 0.281 e. The number of benzene rings is 1. The van der Waals surface area contributed by atoms with E-state index in [1.54, 1.807) is 24.4 Å². The van der Waals surface area contributed by atoms with Gasteiger partial charge in [-0.15, -0.1) is 11.3 Å². The van der Waals surface area contributed by atoms with E-state index in [2.05, 4.69) is 10.5 Å². The topological polar surface area (TPSA) is 61.7 Å². The Balaban J connectivity index is 2.21. The van der Waals surface area contributed by atoms with Crippen molar-refractivity contribution in [3.63, 3.8) is 0 Å². The van der Waals surface area contributed by atoms with Gasteiger partial charge in [-0.25, -0.2) is 5.43 Å². The molecule has 0 aliphatic rings. The van der Waals surface area contributed by atoms with E-state index in [4.69, 9.17) is 23.2 Å². The highest BCUT2D eigenvalue weighted by Gasteiger charge is 2.11. The Labute approximate surface area is 129 Å². The number of carbonyl (C=O) groups is 1. The summed E-state index contributed by atoms with van der Waals surface area (Å²) in [6.45, 7) is 1.64. The Kier molecular flexibility index (Phi) is 4.65. The quantitative estimate of drug-likeness (QED) is 0.662. The molecule has 2 N–H and O–H groups in total. The second-order valence-electron chi connectivity index (χ2n) is 3.90. The van der Waals surface area contributed by atoms with E-state index in [-0.39, 0.29) is 16.7 Å². The smallest absolute Gasteiger partial charge is 0.281 e. The van der Waals surface area contributed by atoms with Crippen molar-refractivity contribution in [2.24, 2.45) is 5.10 Å². The van der Waals surface area contributed by atoms with Crippen molar-refractivity contribution in [3.8, 4) is 5.75 Å². The number of nitrogens with one attached hydrogen (secondary N) is 1. The van der Waals surface area contributed by atoms with Crippen LogP contribution < -0.4 is 5.43 Å². The molecule has 0 atom stereocenters. The molecule has 1 heterocycles. The number of amides is 1. The summed E-state index contributed by atoms with van der Waals surface area (Å²) in [4.78, 5) is 12.3. The summed E-state index contributed by atoms with van der Waals surface area (Å²) in [5, 5.41) is 16.1. The molecule has 2 rings (SSSR count). The molecule has 20 heavy (non-hydrogen) atoms. The van der Waals surface area contributed by atoms with Gasteiger partial charge in [0.15, 0.2) is 0 Å². The van der Waals surface area contributed by atoms with E-state index < -0.39 is 0 Å². The van der Waals surface area contributed by atoms with Gasteiger partial charge in [0.1, 0.15) is 5.75 Å². The molecule has 7 heteroatoms. The van der Waals surface area contributed by atoms with E-state index >= 15 is 0 Å². The third kappa shape index (κ3) is 3.30. The minimum Gasteiger partial charge on any atom is -0.506 e.